The SMILES string of the molecule is Cc1ccc(OCC(=O)Nc2ccc3c(c2)CCN3S(C)(=O)=O)c(-n2nc3ccccc3n2)c1. The summed E-state index contributed by atoms with van der Waals surface area (Å²) in [6.45, 7) is 2.16. The number of hydrogen-bond donors (Lipinski definition) is 1. The highest BCUT2D eigenvalue weighted by atomic mass is 32.2. The van der Waals surface area contributed by atoms with E-state index in [-0.39, 0.29) is 12.5 Å². The van der Waals surface area contributed by atoms with Gasteiger partial charge in [-0.15, -0.1) is 15.0 Å². The molecule has 5 rings (SSSR count). The van der Waals surface area contributed by atoms with E-state index in [0.717, 1.165) is 22.2 Å². The topological polar surface area (TPSA) is 106 Å². The number of carbonyl (C=O) groups is 1. The van der Waals surface area contributed by atoms with Gasteiger partial charge in [0, 0.05) is 12.2 Å². The number of sulfonamides is 1. The highest BCUT2D eigenvalue weighted by molar-refractivity contribution is 7.92. The van der Waals surface area contributed by atoms with Gasteiger partial charge >= 0.3 is 0 Å². The van der Waals surface area contributed by atoms with Gasteiger partial charge in [-0.2, -0.15) is 0 Å². The van der Waals surface area contributed by atoms with Crippen LogP contribution in [0.4, 0.5) is 11.4 Å². The van der Waals surface area contributed by atoms with Gasteiger partial charge in [0.05, 0.1) is 11.9 Å². The van der Waals surface area contributed by atoms with Crippen LogP contribution in [0.15, 0.2) is 60.7 Å². The van der Waals surface area contributed by atoms with Crippen LogP contribution in [0.2, 0.25) is 0 Å². The van der Waals surface area contributed by atoms with Crippen LogP contribution in [-0.4, -0.2) is 48.7 Å². The first-order valence-corrected chi connectivity index (χ1v) is 12.6. The van der Waals surface area contributed by atoms with Crippen molar-refractivity contribution in [1.29, 1.82) is 0 Å². The predicted octanol–water partition coefficient (Wildman–Crippen LogP) is 3.07. The van der Waals surface area contributed by atoms with E-state index in [4.69, 9.17) is 4.74 Å². The summed E-state index contributed by atoms with van der Waals surface area (Å²) in [6.07, 6.45) is 1.79. The van der Waals surface area contributed by atoms with Gasteiger partial charge < -0.3 is 10.1 Å². The second kappa shape index (κ2) is 8.45. The average Bonchev–Trinajstić information content (AvgIpc) is 3.42. The minimum atomic E-state index is -3.32. The summed E-state index contributed by atoms with van der Waals surface area (Å²) in [5.41, 5.74) is 5.29. The number of fused-ring (bicyclic) bond motifs is 2. The third-order valence-electron chi connectivity index (χ3n) is 5.59. The molecule has 34 heavy (non-hydrogen) atoms. The third kappa shape index (κ3) is 4.32. The smallest absolute Gasteiger partial charge is 0.262 e. The summed E-state index contributed by atoms with van der Waals surface area (Å²) < 4.78 is 31.0. The highest BCUT2D eigenvalue weighted by Crippen LogP contribution is 2.32. The zero-order valence-electron chi connectivity index (χ0n) is 18.7. The Bertz CT molecular complexity index is 1480. The lowest BCUT2D eigenvalue weighted by Crippen LogP contribution is -2.27. The first-order valence-electron chi connectivity index (χ1n) is 10.7. The normalized spacial score (nSPS) is 13.2. The van der Waals surface area contributed by atoms with E-state index in [1.54, 1.807) is 24.3 Å². The lowest BCUT2D eigenvalue weighted by molar-refractivity contribution is -0.118. The minimum Gasteiger partial charge on any atom is -0.481 e. The number of anilines is 2. The van der Waals surface area contributed by atoms with Crippen LogP contribution < -0.4 is 14.4 Å². The largest absolute Gasteiger partial charge is 0.481 e. The summed E-state index contributed by atoms with van der Waals surface area (Å²) >= 11 is 0. The van der Waals surface area contributed by atoms with Crippen LogP contribution in [0.25, 0.3) is 16.7 Å². The molecule has 0 spiro atoms. The molecule has 1 aliphatic heterocycles. The van der Waals surface area contributed by atoms with Crippen LogP contribution >= 0.6 is 0 Å². The van der Waals surface area contributed by atoms with Gasteiger partial charge in [-0.1, -0.05) is 18.2 Å². The molecular formula is C24H23N5O4S. The monoisotopic (exact) mass is 477 g/mol. The standard InChI is InChI=1S/C24H23N5O4S/c1-16-7-10-23(22(13-16)29-26-19-5-3-4-6-20(19)27-29)33-15-24(30)25-18-8-9-21-17(14-18)11-12-28(21)34(2,31)32/h3-10,13-14H,11-12,15H2,1-2H3,(H,25,30). The molecule has 0 saturated carbocycles. The molecule has 4 aromatic rings. The van der Waals surface area contributed by atoms with Crippen LogP contribution in [0.3, 0.4) is 0 Å². The minimum absolute atomic E-state index is 0.205. The maximum Gasteiger partial charge on any atom is 0.262 e. The van der Waals surface area contributed by atoms with E-state index < -0.39 is 10.0 Å². The van der Waals surface area contributed by atoms with Gasteiger partial charge in [0.1, 0.15) is 22.5 Å². The summed E-state index contributed by atoms with van der Waals surface area (Å²) in [6, 6.07) is 18.4. The summed E-state index contributed by atoms with van der Waals surface area (Å²) in [5, 5.41) is 11.8. The Kier molecular flexibility index (Phi) is 5.45. The molecule has 0 saturated heterocycles. The molecule has 9 nitrogen and oxygen atoms in total. The molecule has 174 valence electrons. The molecule has 0 aliphatic carbocycles. The number of aromatic nitrogens is 3. The number of nitrogens with zero attached hydrogens (tertiary/aromatic N) is 4. The summed E-state index contributed by atoms with van der Waals surface area (Å²) in [5.74, 6) is 0.154. The Morgan fingerprint density at radius 1 is 1.03 bits per heavy atom. The van der Waals surface area contributed by atoms with Gasteiger partial charge in [-0.05, 0) is 66.9 Å². The number of carbonyl (C=O) groups excluding carboxylic acids is 1. The van der Waals surface area contributed by atoms with E-state index in [2.05, 4.69) is 15.5 Å². The number of hydrogen-bond acceptors (Lipinski definition) is 6. The molecule has 1 N–H and O–H groups in total. The van der Waals surface area contributed by atoms with E-state index in [0.29, 0.717) is 35.8 Å². The second-order valence-corrected chi connectivity index (χ2v) is 10.1. The molecule has 1 aromatic heterocycles. The summed E-state index contributed by atoms with van der Waals surface area (Å²) in [7, 11) is -3.32. The Balaban J connectivity index is 1.30. The number of nitrogens with one attached hydrogen (secondary N) is 1. The number of amides is 1. The average molecular weight is 478 g/mol. The Morgan fingerprint density at radius 2 is 1.76 bits per heavy atom. The van der Waals surface area contributed by atoms with Crippen molar-refractivity contribution >= 4 is 38.3 Å². The van der Waals surface area contributed by atoms with Crippen molar-refractivity contribution in [2.75, 3.05) is 29.0 Å². The predicted molar refractivity (Wildman–Crippen MR) is 130 cm³/mol. The van der Waals surface area contributed by atoms with E-state index in [1.807, 2.05) is 43.3 Å². The van der Waals surface area contributed by atoms with Gasteiger partial charge in [0.2, 0.25) is 10.0 Å². The van der Waals surface area contributed by atoms with E-state index >= 15 is 0 Å². The molecule has 0 fully saturated rings. The van der Waals surface area contributed by atoms with E-state index in [1.165, 1.54) is 15.4 Å². The van der Waals surface area contributed by atoms with Crippen LogP contribution in [0.1, 0.15) is 11.1 Å². The quantitative estimate of drug-likeness (QED) is 0.458. The lowest BCUT2D eigenvalue weighted by atomic mass is 10.1. The summed E-state index contributed by atoms with van der Waals surface area (Å²) in [4.78, 5) is 14.1. The van der Waals surface area contributed by atoms with Crippen LogP contribution in [0.5, 0.6) is 5.75 Å². The van der Waals surface area contributed by atoms with Crippen molar-refractivity contribution in [3.63, 3.8) is 0 Å². The molecule has 1 amide bonds. The number of rotatable bonds is 6. The van der Waals surface area contributed by atoms with Gasteiger partial charge in [0.15, 0.2) is 6.61 Å². The first-order chi connectivity index (χ1) is 16.3. The third-order valence-corrected chi connectivity index (χ3v) is 6.77. The van der Waals surface area contributed by atoms with Gasteiger partial charge in [-0.25, -0.2) is 8.42 Å². The fourth-order valence-electron chi connectivity index (χ4n) is 4.01. The molecule has 2 heterocycles. The molecule has 0 bridgehead atoms. The number of benzene rings is 3. The maximum absolute atomic E-state index is 12.6. The fraction of sp³-hybridized carbons (Fsp3) is 0.208. The number of aryl methyl sites for hydroxylation is 1. The van der Waals surface area contributed by atoms with Crippen LogP contribution in [0, 0.1) is 6.92 Å². The van der Waals surface area contributed by atoms with Gasteiger partial charge in [0.25, 0.3) is 5.91 Å². The maximum atomic E-state index is 12.6. The Labute approximate surface area is 197 Å². The fourth-order valence-corrected chi connectivity index (χ4v) is 4.97. The molecular weight excluding hydrogens is 454 g/mol. The molecule has 0 atom stereocenters. The van der Waals surface area contributed by atoms with Crippen molar-refractivity contribution in [2.24, 2.45) is 0 Å². The lowest BCUT2D eigenvalue weighted by Gasteiger charge is -2.16. The van der Waals surface area contributed by atoms with Gasteiger partial charge in [-0.3, -0.25) is 9.10 Å². The molecule has 0 unspecified atom stereocenters. The van der Waals surface area contributed by atoms with Crippen molar-refractivity contribution in [2.45, 2.75) is 13.3 Å². The molecule has 1 aliphatic rings. The van der Waals surface area contributed by atoms with E-state index in [9.17, 15) is 13.2 Å². The molecule has 10 heteroatoms. The highest BCUT2D eigenvalue weighted by Gasteiger charge is 2.26. The second-order valence-electron chi connectivity index (χ2n) is 8.21. The van der Waals surface area contributed by atoms with Crippen molar-refractivity contribution < 1.29 is 17.9 Å². The zero-order valence-corrected chi connectivity index (χ0v) is 19.5. The van der Waals surface area contributed by atoms with Crippen LogP contribution in [-0.2, 0) is 21.2 Å². The number of ether oxygens (including phenoxy) is 1. The first kappa shape index (κ1) is 21.9. The zero-order chi connectivity index (χ0) is 23.9. The Morgan fingerprint density at radius 3 is 2.47 bits per heavy atom. The molecule has 3 aromatic carbocycles. The van der Waals surface area contributed by atoms with Crippen molar-refractivity contribution in [1.82, 2.24) is 15.0 Å². The van der Waals surface area contributed by atoms with Crippen molar-refractivity contribution in [3.05, 3.63) is 71.8 Å². The Hall–Kier alpha value is -3.92. The van der Waals surface area contributed by atoms with Crippen molar-refractivity contribution in [3.8, 4) is 11.4 Å². The molecule has 0 radical (unpaired) electrons.